The van der Waals surface area contributed by atoms with Gasteiger partial charge < -0.3 is 19.6 Å². The van der Waals surface area contributed by atoms with E-state index in [9.17, 15) is 9.59 Å². The third-order valence-corrected chi connectivity index (χ3v) is 5.55. The summed E-state index contributed by atoms with van der Waals surface area (Å²) < 4.78 is 12.2. The summed E-state index contributed by atoms with van der Waals surface area (Å²) in [7, 11) is 0. The Morgan fingerprint density at radius 3 is 2.91 bits per heavy atom. The van der Waals surface area contributed by atoms with Gasteiger partial charge in [0.05, 0.1) is 34.8 Å². The Kier molecular flexibility index (Phi) is 5.18. The smallest absolute Gasteiger partial charge is 0.259 e. The van der Waals surface area contributed by atoms with Crippen molar-refractivity contribution in [1.82, 2.24) is 25.2 Å². The Morgan fingerprint density at radius 1 is 1.28 bits per heavy atom. The van der Waals surface area contributed by atoms with E-state index in [1.54, 1.807) is 31.3 Å². The Morgan fingerprint density at radius 2 is 2.12 bits per heavy atom. The van der Waals surface area contributed by atoms with Crippen LogP contribution in [-0.2, 0) is 11.3 Å². The van der Waals surface area contributed by atoms with Gasteiger partial charge in [-0.15, -0.1) is 0 Å². The zero-order valence-corrected chi connectivity index (χ0v) is 17.5. The van der Waals surface area contributed by atoms with Crippen LogP contribution in [0.2, 0.25) is 0 Å². The summed E-state index contributed by atoms with van der Waals surface area (Å²) in [6, 6.07) is 5.38. The molecule has 32 heavy (non-hydrogen) atoms. The first kappa shape index (κ1) is 20.0. The van der Waals surface area contributed by atoms with Crippen molar-refractivity contribution in [2.24, 2.45) is 0 Å². The van der Waals surface area contributed by atoms with Crippen LogP contribution in [0.3, 0.4) is 0 Å². The van der Waals surface area contributed by atoms with E-state index in [1.165, 1.54) is 17.1 Å². The van der Waals surface area contributed by atoms with Crippen LogP contribution in [0.25, 0.3) is 22.6 Å². The number of aromatic nitrogens is 4. The summed E-state index contributed by atoms with van der Waals surface area (Å²) in [6.07, 6.45) is 9.01. The maximum atomic E-state index is 13.1. The first-order chi connectivity index (χ1) is 15.6. The number of nitrogens with one attached hydrogen (secondary N) is 2. The maximum absolute atomic E-state index is 13.1. The maximum Gasteiger partial charge on any atom is 0.259 e. The summed E-state index contributed by atoms with van der Waals surface area (Å²) in [6.45, 7) is 1.84. The second-order valence-electron chi connectivity index (χ2n) is 7.91. The lowest BCUT2D eigenvalue weighted by atomic mass is 10.1. The number of carbonyl (C=O) groups excluding carboxylic acids is 2. The van der Waals surface area contributed by atoms with Crippen molar-refractivity contribution >= 4 is 28.6 Å². The van der Waals surface area contributed by atoms with E-state index in [-0.39, 0.29) is 30.1 Å². The van der Waals surface area contributed by atoms with Crippen molar-refractivity contribution < 1.29 is 18.5 Å². The molecular weight excluding hydrogens is 412 g/mol. The van der Waals surface area contributed by atoms with E-state index >= 15 is 0 Å². The van der Waals surface area contributed by atoms with Crippen LogP contribution in [-0.4, -0.2) is 37.8 Å². The van der Waals surface area contributed by atoms with Crippen molar-refractivity contribution in [3.05, 3.63) is 48.1 Å². The van der Waals surface area contributed by atoms with Crippen molar-refractivity contribution in [2.75, 3.05) is 5.32 Å². The van der Waals surface area contributed by atoms with Crippen molar-refractivity contribution in [3.63, 3.8) is 0 Å². The molecule has 2 N–H and O–H groups in total. The minimum Gasteiger partial charge on any atom is -0.463 e. The highest BCUT2D eigenvalue weighted by Crippen LogP contribution is 2.28. The van der Waals surface area contributed by atoms with Gasteiger partial charge in [0.25, 0.3) is 11.6 Å². The molecule has 4 aromatic heterocycles. The zero-order valence-electron chi connectivity index (χ0n) is 17.5. The highest BCUT2D eigenvalue weighted by Gasteiger charge is 2.21. The third-order valence-electron chi connectivity index (χ3n) is 5.55. The number of hydrogen-bond donors (Lipinski definition) is 2. The van der Waals surface area contributed by atoms with Gasteiger partial charge in [-0.05, 0) is 38.0 Å². The topological polar surface area (TPSA) is 128 Å². The quantitative estimate of drug-likeness (QED) is 0.476. The lowest BCUT2D eigenvalue weighted by molar-refractivity contribution is -0.122. The first-order valence-corrected chi connectivity index (χ1v) is 10.5. The molecule has 1 saturated carbocycles. The Bertz CT molecular complexity index is 1270. The van der Waals surface area contributed by atoms with Gasteiger partial charge in [0.2, 0.25) is 5.91 Å². The monoisotopic (exact) mass is 434 g/mol. The normalized spacial score (nSPS) is 14.2. The Labute approximate surface area is 183 Å². The first-order valence-electron chi connectivity index (χ1n) is 10.5. The molecule has 10 nitrogen and oxygen atoms in total. The van der Waals surface area contributed by atoms with E-state index in [0.29, 0.717) is 33.8 Å². The van der Waals surface area contributed by atoms with Crippen molar-refractivity contribution in [3.8, 4) is 11.5 Å². The number of anilines is 1. The van der Waals surface area contributed by atoms with Crippen LogP contribution < -0.4 is 10.6 Å². The van der Waals surface area contributed by atoms with Crippen LogP contribution in [0.4, 0.5) is 5.69 Å². The molecule has 1 aliphatic carbocycles. The number of furan rings is 1. The number of pyridine rings is 1. The van der Waals surface area contributed by atoms with Gasteiger partial charge in [-0.25, -0.2) is 4.98 Å². The number of nitrogens with zero attached hydrogens (tertiary/aromatic N) is 4. The van der Waals surface area contributed by atoms with E-state index in [1.807, 2.05) is 0 Å². The molecule has 164 valence electrons. The number of hydrogen-bond acceptors (Lipinski definition) is 7. The minimum atomic E-state index is -0.369. The lowest BCUT2D eigenvalue weighted by Gasteiger charge is -2.11. The van der Waals surface area contributed by atoms with Gasteiger partial charge in [0, 0.05) is 12.2 Å². The predicted molar refractivity (Wildman–Crippen MR) is 115 cm³/mol. The van der Waals surface area contributed by atoms with Crippen LogP contribution in [0.5, 0.6) is 0 Å². The Hall–Kier alpha value is -3.95. The molecule has 2 amide bonds. The van der Waals surface area contributed by atoms with E-state index in [0.717, 1.165) is 25.7 Å². The molecule has 5 rings (SSSR count). The molecule has 4 aromatic rings. The third kappa shape index (κ3) is 3.98. The highest BCUT2D eigenvalue weighted by atomic mass is 16.5. The fourth-order valence-electron chi connectivity index (χ4n) is 4.03. The zero-order chi connectivity index (χ0) is 22.1. The number of aryl methyl sites for hydroxylation is 1. The number of fused-ring (bicyclic) bond motifs is 1. The molecule has 4 heterocycles. The van der Waals surface area contributed by atoms with Gasteiger partial charge in [0.15, 0.2) is 5.76 Å². The minimum absolute atomic E-state index is 0.0862. The van der Waals surface area contributed by atoms with Crippen LogP contribution in [0.15, 0.2) is 45.8 Å². The standard InChI is InChI=1S/C22H22N6O4/c1-13-20-16(9-17(18-7-4-8-31-18)26-22(20)32-27-13)21(30)25-15-10-23-28(11-15)12-19(29)24-14-5-2-3-6-14/h4,7-11,14H,2-3,5-6,12H2,1H3,(H,24,29)(H,25,30). The summed E-state index contributed by atoms with van der Waals surface area (Å²) in [5.41, 5.74) is 2.10. The molecule has 1 fully saturated rings. The van der Waals surface area contributed by atoms with E-state index in [2.05, 4.69) is 25.9 Å². The number of amides is 2. The summed E-state index contributed by atoms with van der Waals surface area (Å²) in [5, 5.41) is 14.5. The molecule has 0 spiro atoms. The van der Waals surface area contributed by atoms with Crippen LogP contribution in [0, 0.1) is 6.92 Å². The molecule has 0 atom stereocenters. The van der Waals surface area contributed by atoms with E-state index < -0.39 is 0 Å². The highest BCUT2D eigenvalue weighted by molar-refractivity contribution is 6.12. The molecule has 0 aromatic carbocycles. The lowest BCUT2D eigenvalue weighted by Crippen LogP contribution is -2.35. The van der Waals surface area contributed by atoms with Gasteiger partial charge in [0.1, 0.15) is 12.2 Å². The fraction of sp³-hybridized carbons (Fsp3) is 0.318. The van der Waals surface area contributed by atoms with Crippen LogP contribution >= 0.6 is 0 Å². The average Bonchev–Trinajstić information content (AvgIpc) is 3.56. The van der Waals surface area contributed by atoms with Gasteiger partial charge in [-0.2, -0.15) is 5.10 Å². The number of rotatable bonds is 6. The van der Waals surface area contributed by atoms with Crippen LogP contribution in [0.1, 0.15) is 41.7 Å². The molecule has 0 aliphatic heterocycles. The van der Waals surface area contributed by atoms with Crippen molar-refractivity contribution in [2.45, 2.75) is 45.2 Å². The molecule has 0 saturated heterocycles. The van der Waals surface area contributed by atoms with Gasteiger partial charge >= 0.3 is 0 Å². The molecular formula is C22H22N6O4. The predicted octanol–water partition coefficient (Wildman–Crippen LogP) is 3.30. The largest absolute Gasteiger partial charge is 0.463 e. The second-order valence-corrected chi connectivity index (χ2v) is 7.91. The summed E-state index contributed by atoms with van der Waals surface area (Å²) >= 11 is 0. The van der Waals surface area contributed by atoms with Crippen molar-refractivity contribution in [1.29, 1.82) is 0 Å². The summed E-state index contributed by atoms with van der Waals surface area (Å²) in [5.74, 6) is 0.0551. The molecule has 10 heteroatoms. The molecule has 1 aliphatic rings. The van der Waals surface area contributed by atoms with Gasteiger partial charge in [-0.3, -0.25) is 14.3 Å². The fourth-order valence-corrected chi connectivity index (χ4v) is 4.03. The SMILES string of the molecule is Cc1noc2nc(-c3ccco3)cc(C(=O)Nc3cnn(CC(=O)NC4CCCC4)c3)c12. The molecule has 0 unspecified atom stereocenters. The Balaban J connectivity index is 1.34. The average molecular weight is 434 g/mol. The summed E-state index contributed by atoms with van der Waals surface area (Å²) in [4.78, 5) is 29.7. The van der Waals surface area contributed by atoms with E-state index in [4.69, 9.17) is 8.94 Å². The number of carbonyl (C=O) groups is 2. The second kappa shape index (κ2) is 8.29. The van der Waals surface area contributed by atoms with Gasteiger partial charge in [-0.1, -0.05) is 18.0 Å². The molecule has 0 bridgehead atoms. The molecule has 0 radical (unpaired) electrons.